The molecule has 1 aliphatic heterocycles. The number of methoxy groups -OCH3 is 1. The van der Waals surface area contributed by atoms with Crippen LogP contribution < -0.4 is 4.74 Å². The Labute approximate surface area is 137 Å². The molecule has 3 heterocycles. The Kier molecular flexibility index (Phi) is 4.26. The topological polar surface area (TPSA) is 54.8 Å². The number of thiophene rings is 1. The second-order valence-corrected chi connectivity index (χ2v) is 7.02. The third-order valence-corrected chi connectivity index (χ3v) is 5.65. The third kappa shape index (κ3) is 2.78. The highest BCUT2D eigenvalue weighted by molar-refractivity contribution is 7.13. The molecule has 1 unspecified atom stereocenters. The van der Waals surface area contributed by atoms with Gasteiger partial charge in [0.1, 0.15) is 0 Å². The summed E-state index contributed by atoms with van der Waals surface area (Å²) >= 11 is 3.14. The molecule has 116 valence electrons. The van der Waals surface area contributed by atoms with E-state index in [-0.39, 0.29) is 11.9 Å². The van der Waals surface area contributed by atoms with Gasteiger partial charge < -0.3 is 4.74 Å². The second-order valence-electron chi connectivity index (χ2n) is 5.08. The Morgan fingerprint density at radius 1 is 1.55 bits per heavy atom. The molecule has 22 heavy (non-hydrogen) atoms. The van der Waals surface area contributed by atoms with Crippen molar-refractivity contribution in [1.82, 2.24) is 9.99 Å². The van der Waals surface area contributed by atoms with Gasteiger partial charge >= 0.3 is 0 Å². The molecule has 7 heteroatoms. The highest BCUT2D eigenvalue weighted by atomic mass is 32.1. The van der Waals surface area contributed by atoms with E-state index in [4.69, 9.17) is 4.74 Å². The van der Waals surface area contributed by atoms with Gasteiger partial charge in [0.15, 0.2) is 0 Å². The van der Waals surface area contributed by atoms with Crippen molar-refractivity contribution in [2.24, 2.45) is 5.10 Å². The lowest BCUT2D eigenvalue weighted by Gasteiger charge is -2.19. The van der Waals surface area contributed by atoms with E-state index in [0.717, 1.165) is 21.9 Å². The Morgan fingerprint density at radius 2 is 2.36 bits per heavy atom. The van der Waals surface area contributed by atoms with Crippen molar-refractivity contribution in [3.8, 4) is 5.19 Å². The molecule has 0 bridgehead atoms. The summed E-state index contributed by atoms with van der Waals surface area (Å²) in [6.45, 7) is 3.92. The highest BCUT2D eigenvalue weighted by Gasteiger charge is 2.34. The Morgan fingerprint density at radius 3 is 2.95 bits per heavy atom. The van der Waals surface area contributed by atoms with E-state index in [9.17, 15) is 4.79 Å². The fourth-order valence-corrected chi connectivity index (χ4v) is 4.08. The maximum absolute atomic E-state index is 12.2. The molecule has 2 aromatic rings. The van der Waals surface area contributed by atoms with Crippen LogP contribution in [0.25, 0.3) is 0 Å². The van der Waals surface area contributed by atoms with E-state index in [1.54, 1.807) is 29.7 Å². The van der Waals surface area contributed by atoms with Gasteiger partial charge in [-0.1, -0.05) is 18.3 Å². The largest absolute Gasteiger partial charge is 0.473 e. The molecular weight excluding hydrogens is 318 g/mol. The second kappa shape index (κ2) is 6.18. The predicted molar refractivity (Wildman–Crippen MR) is 88.8 cm³/mol. The van der Waals surface area contributed by atoms with Crippen LogP contribution in [-0.4, -0.2) is 28.7 Å². The van der Waals surface area contributed by atoms with E-state index >= 15 is 0 Å². The lowest BCUT2D eigenvalue weighted by Crippen LogP contribution is -2.25. The molecule has 0 N–H and O–H groups in total. The first kappa shape index (κ1) is 15.2. The number of hydrogen-bond donors (Lipinski definition) is 0. The average molecular weight is 335 g/mol. The zero-order valence-electron chi connectivity index (χ0n) is 12.7. The number of carbonyl (C=O) groups is 1. The zero-order valence-corrected chi connectivity index (χ0v) is 14.3. The SMILES string of the molecule is CCC(=O)N1N=C(c2cc(C)cs2)CC1c1cnc(OC)s1. The minimum absolute atomic E-state index is 0.0284. The molecule has 0 fully saturated rings. The van der Waals surface area contributed by atoms with Gasteiger partial charge in [-0.3, -0.25) is 4.79 Å². The number of amides is 1. The summed E-state index contributed by atoms with van der Waals surface area (Å²) in [6.07, 6.45) is 2.94. The van der Waals surface area contributed by atoms with Crippen molar-refractivity contribution in [3.05, 3.63) is 33.0 Å². The van der Waals surface area contributed by atoms with Crippen LogP contribution in [0, 0.1) is 6.92 Å². The maximum Gasteiger partial charge on any atom is 0.273 e. The van der Waals surface area contributed by atoms with Crippen LogP contribution in [0.2, 0.25) is 0 Å². The molecule has 0 spiro atoms. The molecule has 0 aliphatic carbocycles. The van der Waals surface area contributed by atoms with Crippen molar-refractivity contribution in [3.63, 3.8) is 0 Å². The van der Waals surface area contributed by atoms with Gasteiger partial charge in [-0.2, -0.15) is 5.10 Å². The molecule has 0 saturated carbocycles. The third-order valence-electron chi connectivity index (χ3n) is 3.49. The summed E-state index contributed by atoms with van der Waals surface area (Å²) < 4.78 is 5.16. The minimum atomic E-state index is -0.0775. The summed E-state index contributed by atoms with van der Waals surface area (Å²) in [6, 6.07) is 2.04. The van der Waals surface area contributed by atoms with E-state index in [1.807, 2.05) is 6.92 Å². The number of nitrogens with zero attached hydrogens (tertiary/aromatic N) is 3. The number of carbonyl (C=O) groups excluding carboxylic acids is 1. The zero-order chi connectivity index (χ0) is 15.7. The first-order valence-electron chi connectivity index (χ1n) is 7.07. The number of aryl methyl sites for hydroxylation is 1. The molecule has 5 nitrogen and oxygen atoms in total. The Bertz CT molecular complexity index is 720. The normalized spacial score (nSPS) is 17.7. The fraction of sp³-hybridized carbons (Fsp3) is 0.400. The van der Waals surface area contributed by atoms with Crippen molar-refractivity contribution >= 4 is 34.3 Å². The molecule has 3 rings (SSSR count). The van der Waals surface area contributed by atoms with Gasteiger partial charge in [-0.15, -0.1) is 11.3 Å². The van der Waals surface area contributed by atoms with Gasteiger partial charge in [-0.05, 0) is 23.9 Å². The average Bonchev–Trinajstić information content (AvgIpc) is 3.24. The predicted octanol–water partition coefficient (Wildman–Crippen LogP) is 3.61. The number of aromatic nitrogens is 1. The monoisotopic (exact) mass is 335 g/mol. The molecule has 1 atom stereocenters. The number of hydrogen-bond acceptors (Lipinski definition) is 6. The lowest BCUT2D eigenvalue weighted by atomic mass is 10.1. The summed E-state index contributed by atoms with van der Waals surface area (Å²) in [5.74, 6) is 0.0284. The van der Waals surface area contributed by atoms with Crippen molar-refractivity contribution < 1.29 is 9.53 Å². The van der Waals surface area contributed by atoms with Crippen LogP contribution in [-0.2, 0) is 4.79 Å². The summed E-state index contributed by atoms with van der Waals surface area (Å²) in [5, 5.41) is 8.91. The first-order valence-corrected chi connectivity index (χ1v) is 8.76. The standard InChI is InChI=1S/C15H17N3O2S2/c1-4-14(19)18-11(13-7-16-15(20-3)22-13)6-10(17-18)12-5-9(2)8-21-12/h5,7-8,11H,4,6H2,1-3H3. The van der Waals surface area contributed by atoms with Crippen LogP contribution in [0.1, 0.15) is 41.1 Å². The molecule has 1 aliphatic rings. The lowest BCUT2D eigenvalue weighted by molar-refractivity contribution is -0.132. The van der Waals surface area contributed by atoms with E-state index in [2.05, 4.69) is 28.5 Å². The Hall–Kier alpha value is -1.73. The molecule has 1 amide bonds. The van der Waals surface area contributed by atoms with Crippen LogP contribution >= 0.6 is 22.7 Å². The molecule has 0 aromatic carbocycles. The van der Waals surface area contributed by atoms with Crippen molar-refractivity contribution in [1.29, 1.82) is 0 Å². The smallest absolute Gasteiger partial charge is 0.273 e. The van der Waals surface area contributed by atoms with Gasteiger partial charge in [0.05, 0.1) is 28.6 Å². The van der Waals surface area contributed by atoms with Crippen LogP contribution in [0.5, 0.6) is 5.19 Å². The Balaban J connectivity index is 1.92. The number of rotatable bonds is 4. The molecular formula is C15H17N3O2S2. The fourth-order valence-electron chi connectivity index (χ4n) is 2.37. The minimum Gasteiger partial charge on any atom is -0.473 e. The summed E-state index contributed by atoms with van der Waals surface area (Å²) in [4.78, 5) is 18.6. The van der Waals surface area contributed by atoms with Gasteiger partial charge in [0.25, 0.3) is 5.19 Å². The summed E-state index contributed by atoms with van der Waals surface area (Å²) in [7, 11) is 1.60. The molecule has 0 saturated heterocycles. The highest BCUT2D eigenvalue weighted by Crippen LogP contribution is 2.38. The maximum atomic E-state index is 12.2. The van der Waals surface area contributed by atoms with Crippen LogP contribution in [0.15, 0.2) is 22.7 Å². The van der Waals surface area contributed by atoms with E-state index in [1.165, 1.54) is 16.9 Å². The number of thiazole rings is 1. The van der Waals surface area contributed by atoms with Crippen molar-refractivity contribution in [2.45, 2.75) is 32.7 Å². The van der Waals surface area contributed by atoms with Gasteiger partial charge in [0.2, 0.25) is 5.91 Å². The quantitative estimate of drug-likeness (QED) is 0.857. The first-order chi connectivity index (χ1) is 10.6. The number of hydrazone groups is 1. The van der Waals surface area contributed by atoms with Gasteiger partial charge in [-0.25, -0.2) is 9.99 Å². The van der Waals surface area contributed by atoms with Crippen molar-refractivity contribution in [2.75, 3.05) is 7.11 Å². The van der Waals surface area contributed by atoms with E-state index in [0.29, 0.717) is 11.6 Å². The van der Waals surface area contributed by atoms with E-state index < -0.39 is 0 Å². The summed E-state index contributed by atoms with van der Waals surface area (Å²) in [5.41, 5.74) is 2.19. The van der Waals surface area contributed by atoms with Crippen LogP contribution in [0.3, 0.4) is 0 Å². The molecule has 0 radical (unpaired) electrons. The number of ether oxygens (including phenoxy) is 1. The van der Waals surface area contributed by atoms with Crippen LogP contribution in [0.4, 0.5) is 0 Å². The van der Waals surface area contributed by atoms with Gasteiger partial charge in [0, 0.05) is 19.0 Å². The molecule has 2 aromatic heterocycles.